The van der Waals surface area contributed by atoms with Crippen molar-refractivity contribution in [3.8, 4) is 0 Å². The zero-order valence-corrected chi connectivity index (χ0v) is 13.4. The summed E-state index contributed by atoms with van der Waals surface area (Å²) in [6.45, 7) is 2.61. The molecular formula is C18H16ClN3O. The molecule has 2 aromatic carbocycles. The van der Waals surface area contributed by atoms with Crippen LogP contribution in [0.5, 0.6) is 0 Å². The number of rotatable bonds is 4. The van der Waals surface area contributed by atoms with Gasteiger partial charge in [-0.3, -0.25) is 9.48 Å². The maximum atomic E-state index is 12.2. The molecule has 0 bridgehead atoms. The maximum absolute atomic E-state index is 12.2. The lowest BCUT2D eigenvalue weighted by Gasteiger charge is -2.03. The Morgan fingerprint density at radius 1 is 1.13 bits per heavy atom. The first kappa shape index (κ1) is 15.3. The fourth-order valence-electron chi connectivity index (χ4n) is 2.20. The standard InChI is InChI=1S/C18H16ClN3O/c1-13-2-6-15(7-3-13)18(23)21-17-10-20-22(12-17)11-14-4-8-16(19)9-5-14/h2-10,12H,11H2,1H3,(H,21,23). The molecule has 1 N–H and O–H groups in total. The number of aromatic nitrogens is 2. The van der Waals surface area contributed by atoms with Crippen molar-refractivity contribution < 1.29 is 4.79 Å². The number of carbonyl (C=O) groups is 1. The molecule has 0 radical (unpaired) electrons. The summed E-state index contributed by atoms with van der Waals surface area (Å²) in [5, 5.41) is 7.82. The van der Waals surface area contributed by atoms with Crippen LogP contribution in [0.2, 0.25) is 5.02 Å². The number of carbonyl (C=O) groups excluding carboxylic acids is 1. The summed E-state index contributed by atoms with van der Waals surface area (Å²) in [5.74, 6) is -0.143. The van der Waals surface area contributed by atoms with Gasteiger partial charge in [0.15, 0.2) is 0 Å². The van der Waals surface area contributed by atoms with Crippen LogP contribution in [0.3, 0.4) is 0 Å². The van der Waals surface area contributed by atoms with Gasteiger partial charge in [0.2, 0.25) is 0 Å². The van der Waals surface area contributed by atoms with E-state index in [-0.39, 0.29) is 5.91 Å². The number of halogens is 1. The Bertz CT molecular complexity index is 807. The summed E-state index contributed by atoms with van der Waals surface area (Å²) in [5.41, 5.74) is 3.51. The summed E-state index contributed by atoms with van der Waals surface area (Å²) in [7, 11) is 0. The van der Waals surface area contributed by atoms with Crippen LogP contribution in [0.15, 0.2) is 60.9 Å². The third kappa shape index (κ3) is 3.99. The second kappa shape index (κ2) is 6.67. The van der Waals surface area contributed by atoms with Gasteiger partial charge in [0.05, 0.1) is 18.4 Å². The molecule has 1 amide bonds. The van der Waals surface area contributed by atoms with Crippen molar-refractivity contribution in [3.63, 3.8) is 0 Å². The molecule has 0 aliphatic carbocycles. The van der Waals surface area contributed by atoms with Gasteiger partial charge < -0.3 is 5.32 Å². The summed E-state index contributed by atoms with van der Waals surface area (Å²) < 4.78 is 1.77. The maximum Gasteiger partial charge on any atom is 0.255 e. The lowest BCUT2D eigenvalue weighted by atomic mass is 10.1. The van der Waals surface area contributed by atoms with Crippen molar-refractivity contribution in [2.75, 3.05) is 5.32 Å². The molecule has 1 aromatic heterocycles. The number of aryl methyl sites for hydroxylation is 1. The van der Waals surface area contributed by atoms with E-state index in [0.717, 1.165) is 11.1 Å². The van der Waals surface area contributed by atoms with Crippen molar-refractivity contribution >= 4 is 23.2 Å². The lowest BCUT2D eigenvalue weighted by molar-refractivity contribution is 0.102. The molecule has 0 aliphatic heterocycles. The molecule has 0 unspecified atom stereocenters. The summed E-state index contributed by atoms with van der Waals surface area (Å²) >= 11 is 5.87. The van der Waals surface area contributed by atoms with E-state index in [1.165, 1.54) is 0 Å². The quantitative estimate of drug-likeness (QED) is 0.783. The zero-order chi connectivity index (χ0) is 16.2. The van der Waals surface area contributed by atoms with Crippen LogP contribution < -0.4 is 5.32 Å². The van der Waals surface area contributed by atoms with Crippen LogP contribution in [0.1, 0.15) is 21.5 Å². The van der Waals surface area contributed by atoms with E-state index in [1.807, 2.05) is 55.5 Å². The number of hydrogen-bond acceptors (Lipinski definition) is 2. The normalized spacial score (nSPS) is 10.5. The number of nitrogens with zero attached hydrogens (tertiary/aromatic N) is 2. The topological polar surface area (TPSA) is 46.9 Å². The van der Waals surface area contributed by atoms with E-state index < -0.39 is 0 Å². The first-order chi connectivity index (χ1) is 11.1. The molecule has 116 valence electrons. The average molecular weight is 326 g/mol. The van der Waals surface area contributed by atoms with Crippen molar-refractivity contribution in [1.82, 2.24) is 9.78 Å². The SMILES string of the molecule is Cc1ccc(C(=O)Nc2cnn(Cc3ccc(Cl)cc3)c2)cc1. The van der Waals surface area contributed by atoms with Crippen molar-refractivity contribution in [2.45, 2.75) is 13.5 Å². The molecule has 0 spiro atoms. The Morgan fingerprint density at radius 2 is 1.83 bits per heavy atom. The summed E-state index contributed by atoms with van der Waals surface area (Å²) in [6.07, 6.45) is 3.45. The predicted octanol–water partition coefficient (Wildman–Crippen LogP) is 4.15. The minimum Gasteiger partial charge on any atom is -0.319 e. The summed E-state index contributed by atoms with van der Waals surface area (Å²) in [6, 6.07) is 15.0. The Hall–Kier alpha value is -2.59. The molecule has 23 heavy (non-hydrogen) atoms. The van der Waals surface area contributed by atoms with Crippen molar-refractivity contribution in [2.24, 2.45) is 0 Å². The van der Waals surface area contributed by atoms with Crippen LogP contribution in [0.4, 0.5) is 5.69 Å². The first-order valence-electron chi connectivity index (χ1n) is 7.25. The Kier molecular flexibility index (Phi) is 4.44. The van der Waals surface area contributed by atoms with Crippen LogP contribution in [0.25, 0.3) is 0 Å². The number of amides is 1. The molecule has 0 saturated heterocycles. The average Bonchev–Trinajstić information content (AvgIpc) is 2.97. The van der Waals surface area contributed by atoms with Crippen LogP contribution in [-0.2, 0) is 6.54 Å². The van der Waals surface area contributed by atoms with Gasteiger partial charge in [-0.2, -0.15) is 5.10 Å². The fraction of sp³-hybridized carbons (Fsp3) is 0.111. The molecule has 0 atom stereocenters. The van der Waals surface area contributed by atoms with Gasteiger partial charge in [-0.05, 0) is 36.8 Å². The van der Waals surface area contributed by atoms with Crippen LogP contribution in [-0.4, -0.2) is 15.7 Å². The smallest absolute Gasteiger partial charge is 0.255 e. The zero-order valence-electron chi connectivity index (χ0n) is 12.7. The van der Waals surface area contributed by atoms with Crippen LogP contribution >= 0.6 is 11.6 Å². The third-order valence-corrected chi connectivity index (χ3v) is 3.71. The number of benzene rings is 2. The van der Waals surface area contributed by atoms with E-state index in [0.29, 0.717) is 22.8 Å². The molecule has 3 rings (SSSR count). The van der Waals surface area contributed by atoms with Gasteiger partial charge in [0.1, 0.15) is 0 Å². The van der Waals surface area contributed by atoms with Crippen molar-refractivity contribution in [3.05, 3.63) is 82.6 Å². The minimum atomic E-state index is -0.143. The number of anilines is 1. The fourth-order valence-corrected chi connectivity index (χ4v) is 2.33. The highest BCUT2D eigenvalue weighted by molar-refractivity contribution is 6.30. The lowest BCUT2D eigenvalue weighted by Crippen LogP contribution is -2.11. The molecule has 1 heterocycles. The molecule has 4 nitrogen and oxygen atoms in total. The molecule has 0 fully saturated rings. The number of nitrogens with one attached hydrogen (secondary N) is 1. The van der Waals surface area contributed by atoms with E-state index >= 15 is 0 Å². The molecule has 3 aromatic rings. The van der Waals surface area contributed by atoms with Gasteiger partial charge in [-0.25, -0.2) is 0 Å². The first-order valence-corrected chi connectivity index (χ1v) is 7.63. The molecule has 0 saturated carbocycles. The van der Waals surface area contributed by atoms with Crippen LogP contribution in [0, 0.1) is 6.92 Å². The Balaban J connectivity index is 1.66. The second-order valence-electron chi connectivity index (χ2n) is 5.37. The van der Waals surface area contributed by atoms with Gasteiger partial charge in [0, 0.05) is 16.8 Å². The van der Waals surface area contributed by atoms with Gasteiger partial charge in [-0.15, -0.1) is 0 Å². The largest absolute Gasteiger partial charge is 0.319 e. The Morgan fingerprint density at radius 3 is 2.52 bits per heavy atom. The van der Waals surface area contributed by atoms with E-state index in [4.69, 9.17) is 11.6 Å². The predicted molar refractivity (Wildman–Crippen MR) is 91.9 cm³/mol. The minimum absolute atomic E-state index is 0.143. The molecule has 5 heteroatoms. The summed E-state index contributed by atoms with van der Waals surface area (Å²) in [4.78, 5) is 12.2. The third-order valence-electron chi connectivity index (χ3n) is 3.46. The second-order valence-corrected chi connectivity index (χ2v) is 5.81. The number of hydrogen-bond donors (Lipinski definition) is 1. The van der Waals surface area contributed by atoms with E-state index in [2.05, 4.69) is 10.4 Å². The Labute approximate surface area is 139 Å². The van der Waals surface area contributed by atoms with Gasteiger partial charge >= 0.3 is 0 Å². The highest BCUT2D eigenvalue weighted by Crippen LogP contribution is 2.13. The highest BCUT2D eigenvalue weighted by atomic mass is 35.5. The van der Waals surface area contributed by atoms with Gasteiger partial charge in [0.25, 0.3) is 5.91 Å². The van der Waals surface area contributed by atoms with E-state index in [9.17, 15) is 4.79 Å². The van der Waals surface area contributed by atoms with Gasteiger partial charge in [-0.1, -0.05) is 41.4 Å². The molecule has 0 aliphatic rings. The van der Waals surface area contributed by atoms with E-state index in [1.54, 1.807) is 17.1 Å². The molecular weight excluding hydrogens is 310 g/mol. The monoisotopic (exact) mass is 325 g/mol. The highest BCUT2D eigenvalue weighted by Gasteiger charge is 2.07. The van der Waals surface area contributed by atoms with Crippen molar-refractivity contribution in [1.29, 1.82) is 0 Å².